The highest BCUT2D eigenvalue weighted by molar-refractivity contribution is 6.02. The third-order valence-corrected chi connectivity index (χ3v) is 2.03. The zero-order chi connectivity index (χ0) is 9.52. The Balaban J connectivity index is 3.00. The smallest absolute Gasteiger partial charge is 0.230 e. The summed E-state index contributed by atoms with van der Waals surface area (Å²) in [5.74, 6) is -0.906. The topological polar surface area (TPSA) is 60.8 Å². The van der Waals surface area contributed by atoms with E-state index in [0.29, 0.717) is 5.70 Å². The van der Waals surface area contributed by atoms with Crippen LogP contribution >= 0.6 is 0 Å². The summed E-state index contributed by atoms with van der Waals surface area (Å²) in [6.07, 6.45) is 0.185. The third-order valence-electron chi connectivity index (χ3n) is 2.03. The lowest BCUT2D eigenvalue weighted by atomic mass is 10.0. The second kappa shape index (κ2) is 2.48. The molecule has 0 aromatic carbocycles. The Hall–Kier alpha value is -1.03. The number of ketones is 1. The van der Waals surface area contributed by atoms with Crippen LogP contribution in [0.25, 0.3) is 0 Å². The van der Waals surface area contributed by atoms with Crippen LogP contribution < -0.4 is 0 Å². The molecule has 1 unspecified atom stereocenters. The van der Waals surface area contributed by atoms with E-state index in [1.165, 1.54) is 6.92 Å². The molecule has 1 rings (SSSR count). The second-order valence-corrected chi connectivity index (χ2v) is 3.47. The summed E-state index contributed by atoms with van der Waals surface area (Å²) in [7, 11) is 3.44. The molecule has 0 spiro atoms. The van der Waals surface area contributed by atoms with Crippen molar-refractivity contribution < 1.29 is 15.0 Å². The molecule has 0 fully saturated rings. The lowest BCUT2D eigenvalue weighted by Crippen LogP contribution is -2.31. The predicted octanol–water partition coefficient (Wildman–Crippen LogP) is 0.0414. The third kappa shape index (κ3) is 1.18. The molecule has 0 aliphatic heterocycles. The number of hydrogen-bond donors (Lipinski definition) is 2. The Labute approximate surface area is 71.1 Å². The fraction of sp³-hybridized carbons (Fsp3) is 0.625. The van der Waals surface area contributed by atoms with Crippen LogP contribution in [-0.4, -0.2) is 40.6 Å². The van der Waals surface area contributed by atoms with Crippen molar-refractivity contribution in [1.29, 1.82) is 0 Å². The first kappa shape index (κ1) is 9.06. The molecule has 0 aromatic heterocycles. The molecule has 2 N–H and O–H groups in total. The van der Waals surface area contributed by atoms with Crippen molar-refractivity contribution in [3.05, 3.63) is 11.5 Å². The van der Waals surface area contributed by atoms with Gasteiger partial charge in [0.05, 0.1) is 5.70 Å². The van der Waals surface area contributed by atoms with E-state index in [2.05, 4.69) is 0 Å². The van der Waals surface area contributed by atoms with Gasteiger partial charge in [0.25, 0.3) is 0 Å². The number of carbonyl (C=O) groups is 1. The Morgan fingerprint density at radius 2 is 2.00 bits per heavy atom. The van der Waals surface area contributed by atoms with E-state index in [0.717, 1.165) is 0 Å². The molecule has 1 aliphatic rings. The van der Waals surface area contributed by atoms with Crippen LogP contribution in [-0.2, 0) is 4.79 Å². The number of aliphatic hydroxyl groups is 2. The van der Waals surface area contributed by atoms with Crippen LogP contribution in [0.3, 0.4) is 0 Å². The normalized spacial score (nSPS) is 29.8. The molecule has 1 atom stereocenters. The Morgan fingerprint density at radius 3 is 2.17 bits per heavy atom. The van der Waals surface area contributed by atoms with Gasteiger partial charge in [-0.3, -0.25) is 4.79 Å². The van der Waals surface area contributed by atoms with Crippen LogP contribution in [0.4, 0.5) is 0 Å². The van der Waals surface area contributed by atoms with E-state index in [-0.39, 0.29) is 12.2 Å². The van der Waals surface area contributed by atoms with Gasteiger partial charge < -0.3 is 15.1 Å². The maximum Gasteiger partial charge on any atom is 0.230 e. The van der Waals surface area contributed by atoms with Gasteiger partial charge in [-0.05, 0) is 6.92 Å². The van der Waals surface area contributed by atoms with Gasteiger partial charge in [0.1, 0.15) is 5.60 Å². The molecule has 68 valence electrons. The van der Waals surface area contributed by atoms with Crippen molar-refractivity contribution >= 4 is 5.78 Å². The summed E-state index contributed by atoms with van der Waals surface area (Å²) < 4.78 is 0. The lowest BCUT2D eigenvalue weighted by Gasteiger charge is -2.16. The predicted molar refractivity (Wildman–Crippen MR) is 43.6 cm³/mol. The average Bonchev–Trinajstić information content (AvgIpc) is 2.14. The number of carbonyl (C=O) groups excluding carboxylic acids is 1. The molecular formula is C8H13NO3. The van der Waals surface area contributed by atoms with Gasteiger partial charge in [0, 0.05) is 20.5 Å². The van der Waals surface area contributed by atoms with Crippen molar-refractivity contribution in [2.45, 2.75) is 18.9 Å². The molecule has 0 saturated carbocycles. The van der Waals surface area contributed by atoms with E-state index in [4.69, 9.17) is 0 Å². The standard InChI is InChI=1S/C8H13NO3/c1-8(12)4-5(9(2)3)6(10)7(8)11/h10,12H,4H2,1-3H3. The molecule has 0 bridgehead atoms. The summed E-state index contributed by atoms with van der Waals surface area (Å²) >= 11 is 0. The Bertz CT molecular complexity index is 253. The van der Waals surface area contributed by atoms with Crippen molar-refractivity contribution in [3.63, 3.8) is 0 Å². The van der Waals surface area contributed by atoms with Gasteiger partial charge in [0.2, 0.25) is 5.78 Å². The van der Waals surface area contributed by atoms with Gasteiger partial charge in [-0.1, -0.05) is 0 Å². The number of aliphatic hydroxyl groups excluding tert-OH is 1. The maximum absolute atomic E-state index is 11.2. The highest BCUT2D eigenvalue weighted by Gasteiger charge is 2.42. The minimum Gasteiger partial charge on any atom is -0.503 e. The van der Waals surface area contributed by atoms with Gasteiger partial charge >= 0.3 is 0 Å². The SMILES string of the molecule is CN(C)C1=C(O)C(=O)C(C)(O)C1. The second-order valence-electron chi connectivity index (χ2n) is 3.47. The Kier molecular flexibility index (Phi) is 1.88. The van der Waals surface area contributed by atoms with Crippen molar-refractivity contribution in [2.75, 3.05) is 14.1 Å². The fourth-order valence-electron chi connectivity index (χ4n) is 1.25. The van der Waals surface area contributed by atoms with E-state index >= 15 is 0 Å². The first-order valence-electron chi connectivity index (χ1n) is 3.73. The van der Waals surface area contributed by atoms with Gasteiger partial charge in [-0.15, -0.1) is 0 Å². The van der Waals surface area contributed by atoms with Crippen LogP contribution in [0.2, 0.25) is 0 Å². The molecule has 0 amide bonds. The van der Waals surface area contributed by atoms with Gasteiger partial charge in [-0.25, -0.2) is 0 Å². The van der Waals surface area contributed by atoms with E-state index in [1.807, 2.05) is 0 Å². The monoisotopic (exact) mass is 171 g/mol. The fourth-order valence-corrected chi connectivity index (χ4v) is 1.25. The first-order chi connectivity index (χ1) is 5.36. The minimum atomic E-state index is -1.43. The zero-order valence-corrected chi connectivity index (χ0v) is 7.46. The summed E-state index contributed by atoms with van der Waals surface area (Å²) in [5, 5.41) is 18.8. The van der Waals surface area contributed by atoms with Crippen LogP contribution in [0.1, 0.15) is 13.3 Å². The van der Waals surface area contributed by atoms with Crippen LogP contribution in [0.5, 0.6) is 0 Å². The molecule has 0 saturated heterocycles. The molecule has 1 aliphatic carbocycles. The Morgan fingerprint density at radius 1 is 1.50 bits per heavy atom. The van der Waals surface area contributed by atoms with E-state index in [9.17, 15) is 15.0 Å². The molecule has 0 heterocycles. The molecule has 0 radical (unpaired) electrons. The summed E-state index contributed by atoms with van der Waals surface area (Å²) in [5.41, 5.74) is -0.936. The number of Topliss-reactive ketones (excluding diaryl/α,β-unsaturated/α-hetero) is 1. The average molecular weight is 171 g/mol. The quantitative estimate of drug-likeness (QED) is 0.585. The van der Waals surface area contributed by atoms with Gasteiger partial charge in [0.15, 0.2) is 5.76 Å². The summed E-state index contributed by atoms with van der Waals surface area (Å²) in [4.78, 5) is 12.8. The van der Waals surface area contributed by atoms with Crippen molar-refractivity contribution in [3.8, 4) is 0 Å². The first-order valence-corrected chi connectivity index (χ1v) is 3.73. The molecule has 4 nitrogen and oxygen atoms in total. The molecule has 4 heteroatoms. The van der Waals surface area contributed by atoms with E-state index < -0.39 is 11.4 Å². The van der Waals surface area contributed by atoms with Crippen molar-refractivity contribution in [1.82, 2.24) is 4.90 Å². The molecule has 12 heavy (non-hydrogen) atoms. The highest BCUT2D eigenvalue weighted by Crippen LogP contribution is 2.30. The van der Waals surface area contributed by atoms with Crippen LogP contribution in [0.15, 0.2) is 11.5 Å². The summed E-state index contributed by atoms with van der Waals surface area (Å²) in [6.45, 7) is 1.40. The minimum absolute atomic E-state index is 0.185. The molecular weight excluding hydrogens is 158 g/mol. The van der Waals surface area contributed by atoms with Crippen LogP contribution in [0, 0.1) is 0 Å². The zero-order valence-electron chi connectivity index (χ0n) is 7.46. The highest BCUT2D eigenvalue weighted by atomic mass is 16.3. The largest absolute Gasteiger partial charge is 0.503 e. The lowest BCUT2D eigenvalue weighted by molar-refractivity contribution is -0.132. The number of rotatable bonds is 1. The maximum atomic E-state index is 11.2. The van der Waals surface area contributed by atoms with Gasteiger partial charge in [-0.2, -0.15) is 0 Å². The van der Waals surface area contributed by atoms with E-state index in [1.54, 1.807) is 19.0 Å². The van der Waals surface area contributed by atoms with Crippen molar-refractivity contribution in [2.24, 2.45) is 0 Å². The summed E-state index contributed by atoms with van der Waals surface area (Å²) in [6, 6.07) is 0. The number of hydrogen-bond acceptors (Lipinski definition) is 4. The molecule has 0 aromatic rings. The number of nitrogens with zero attached hydrogens (tertiary/aromatic N) is 1.